The molecule has 0 unspecified atom stereocenters. The minimum absolute atomic E-state index is 0.0393. The van der Waals surface area contributed by atoms with E-state index in [2.05, 4.69) is 27.6 Å². The van der Waals surface area contributed by atoms with E-state index in [1.807, 2.05) is 41.4 Å². The van der Waals surface area contributed by atoms with Crippen LogP contribution in [-0.4, -0.2) is 65.9 Å². The van der Waals surface area contributed by atoms with Crippen LogP contribution in [0.2, 0.25) is 0 Å². The van der Waals surface area contributed by atoms with Crippen molar-refractivity contribution >= 4 is 40.9 Å². The number of carbonyl (C=O) groups is 3. The third-order valence-corrected chi connectivity index (χ3v) is 6.31. The summed E-state index contributed by atoms with van der Waals surface area (Å²) in [6, 6.07) is 14.0. The van der Waals surface area contributed by atoms with Gasteiger partial charge in [-0.25, -0.2) is 4.79 Å². The Morgan fingerprint density at radius 2 is 1.83 bits per heavy atom. The molecule has 2 aliphatic heterocycles. The molecule has 5 rings (SSSR count). The molecule has 178 valence electrons. The van der Waals surface area contributed by atoms with Gasteiger partial charge in [0.2, 0.25) is 0 Å². The SMILES string of the molecule is CN1CCN(C(=O)c2cccc(-c3c[nH]c(/C=C4\C(=O)Nc5ccc(NC(N)=O)cc54)c3)c2)CC1. The number of aromatic amines is 1. The highest BCUT2D eigenvalue weighted by molar-refractivity contribution is 6.35. The molecule has 0 spiro atoms. The summed E-state index contributed by atoms with van der Waals surface area (Å²) in [6.07, 6.45) is 3.61. The fourth-order valence-corrected chi connectivity index (χ4v) is 4.39. The van der Waals surface area contributed by atoms with E-state index in [9.17, 15) is 14.4 Å². The Kier molecular flexibility index (Phi) is 5.84. The Labute approximate surface area is 202 Å². The molecule has 1 fully saturated rings. The van der Waals surface area contributed by atoms with Crippen LogP contribution in [0.1, 0.15) is 21.6 Å². The number of aromatic nitrogens is 1. The number of H-pyrrole nitrogens is 1. The second kappa shape index (κ2) is 9.11. The van der Waals surface area contributed by atoms with Gasteiger partial charge < -0.3 is 31.2 Å². The first-order valence-corrected chi connectivity index (χ1v) is 11.4. The molecular weight excluding hydrogens is 444 g/mol. The largest absolute Gasteiger partial charge is 0.361 e. The van der Waals surface area contributed by atoms with Gasteiger partial charge in [0.05, 0.1) is 5.57 Å². The Morgan fingerprint density at radius 1 is 1.03 bits per heavy atom. The minimum atomic E-state index is -0.671. The molecule has 3 heterocycles. The van der Waals surface area contributed by atoms with Crippen LogP contribution < -0.4 is 16.4 Å². The predicted octanol–water partition coefficient (Wildman–Crippen LogP) is 3.05. The summed E-state index contributed by atoms with van der Waals surface area (Å²) < 4.78 is 0. The van der Waals surface area contributed by atoms with Gasteiger partial charge in [-0.05, 0) is 60.6 Å². The highest BCUT2D eigenvalue weighted by Gasteiger charge is 2.25. The van der Waals surface area contributed by atoms with E-state index in [4.69, 9.17) is 5.73 Å². The molecule has 2 aromatic carbocycles. The molecule has 0 aliphatic carbocycles. The summed E-state index contributed by atoms with van der Waals surface area (Å²) in [5.41, 5.74) is 10.8. The van der Waals surface area contributed by atoms with Crippen molar-refractivity contribution in [3.8, 4) is 11.1 Å². The molecule has 4 amide bonds. The molecular formula is C26H26N6O3. The standard InChI is InChI=1S/C26H26N6O3/c1-31-7-9-32(10-8-31)25(34)17-4-2-3-16(11-17)18-12-20(28-15-18)14-22-21-13-19(29-26(27)35)5-6-23(21)30-24(22)33/h2-6,11-15,28H,7-10H2,1H3,(H,30,33)(H3,27,29,35)/b22-14-. The van der Waals surface area contributed by atoms with Gasteiger partial charge in [0.15, 0.2) is 0 Å². The van der Waals surface area contributed by atoms with E-state index in [-0.39, 0.29) is 11.8 Å². The number of urea groups is 1. The lowest BCUT2D eigenvalue weighted by Crippen LogP contribution is -2.47. The van der Waals surface area contributed by atoms with Crippen LogP contribution in [0.3, 0.4) is 0 Å². The highest BCUT2D eigenvalue weighted by Crippen LogP contribution is 2.35. The maximum atomic E-state index is 13.0. The van der Waals surface area contributed by atoms with Crippen LogP contribution in [-0.2, 0) is 4.79 Å². The highest BCUT2D eigenvalue weighted by atomic mass is 16.2. The molecule has 0 atom stereocenters. The molecule has 9 nitrogen and oxygen atoms in total. The number of nitrogens with zero attached hydrogens (tertiary/aromatic N) is 2. The van der Waals surface area contributed by atoms with Crippen molar-refractivity contribution in [1.29, 1.82) is 0 Å². The first-order chi connectivity index (χ1) is 16.9. The van der Waals surface area contributed by atoms with Crippen LogP contribution in [0, 0.1) is 0 Å². The Bertz CT molecular complexity index is 1350. The van der Waals surface area contributed by atoms with Crippen molar-refractivity contribution in [2.45, 2.75) is 0 Å². The molecule has 5 N–H and O–H groups in total. The lowest BCUT2D eigenvalue weighted by Gasteiger charge is -2.32. The van der Waals surface area contributed by atoms with Crippen molar-refractivity contribution in [3.63, 3.8) is 0 Å². The van der Waals surface area contributed by atoms with Crippen molar-refractivity contribution < 1.29 is 14.4 Å². The van der Waals surface area contributed by atoms with Crippen LogP contribution >= 0.6 is 0 Å². The van der Waals surface area contributed by atoms with Gasteiger partial charge in [0.25, 0.3) is 11.8 Å². The normalized spacial score (nSPS) is 16.8. The maximum absolute atomic E-state index is 13.0. The second-order valence-corrected chi connectivity index (χ2v) is 8.78. The predicted molar refractivity (Wildman–Crippen MR) is 136 cm³/mol. The number of anilines is 2. The zero-order valence-electron chi connectivity index (χ0n) is 19.3. The smallest absolute Gasteiger partial charge is 0.316 e. The van der Waals surface area contributed by atoms with Gasteiger partial charge in [-0.1, -0.05) is 12.1 Å². The van der Waals surface area contributed by atoms with Gasteiger partial charge in [-0.15, -0.1) is 0 Å². The van der Waals surface area contributed by atoms with Crippen molar-refractivity contribution in [3.05, 3.63) is 71.5 Å². The van der Waals surface area contributed by atoms with E-state index < -0.39 is 6.03 Å². The average molecular weight is 471 g/mol. The van der Waals surface area contributed by atoms with Crippen LogP contribution in [0.15, 0.2) is 54.7 Å². The van der Waals surface area contributed by atoms with E-state index in [1.165, 1.54) is 0 Å². The van der Waals surface area contributed by atoms with E-state index >= 15 is 0 Å². The van der Waals surface area contributed by atoms with Crippen molar-refractivity contribution in [2.24, 2.45) is 5.73 Å². The Balaban J connectivity index is 1.39. The maximum Gasteiger partial charge on any atom is 0.316 e. The molecule has 0 radical (unpaired) electrons. The van der Waals surface area contributed by atoms with Crippen LogP contribution in [0.4, 0.5) is 16.2 Å². The number of hydrogen-bond donors (Lipinski definition) is 4. The topological polar surface area (TPSA) is 124 Å². The van der Waals surface area contributed by atoms with Gasteiger partial charge in [0.1, 0.15) is 0 Å². The molecule has 35 heavy (non-hydrogen) atoms. The fraction of sp³-hybridized carbons (Fsp3) is 0.192. The summed E-state index contributed by atoms with van der Waals surface area (Å²) in [6.45, 7) is 3.19. The Morgan fingerprint density at radius 3 is 2.60 bits per heavy atom. The number of carbonyl (C=O) groups excluding carboxylic acids is 3. The lowest BCUT2D eigenvalue weighted by molar-refractivity contribution is -0.110. The number of rotatable bonds is 4. The molecule has 3 aromatic rings. The Hall–Kier alpha value is -4.37. The minimum Gasteiger partial charge on any atom is -0.361 e. The number of nitrogens with one attached hydrogen (secondary N) is 3. The number of benzene rings is 2. The number of piperazine rings is 1. The summed E-state index contributed by atoms with van der Waals surface area (Å²) >= 11 is 0. The number of primary amides is 1. The van der Waals surface area contributed by atoms with Gasteiger partial charge >= 0.3 is 6.03 Å². The number of amides is 4. The van der Waals surface area contributed by atoms with Gasteiger partial charge in [-0.3, -0.25) is 9.59 Å². The summed E-state index contributed by atoms with van der Waals surface area (Å²) in [5, 5.41) is 5.36. The molecule has 0 bridgehead atoms. The number of fused-ring (bicyclic) bond motifs is 1. The van der Waals surface area contributed by atoms with Gasteiger partial charge in [-0.2, -0.15) is 0 Å². The average Bonchev–Trinajstić information content (AvgIpc) is 3.44. The molecule has 9 heteroatoms. The van der Waals surface area contributed by atoms with Gasteiger partial charge in [0, 0.05) is 60.6 Å². The molecule has 0 saturated carbocycles. The monoisotopic (exact) mass is 470 g/mol. The third-order valence-electron chi connectivity index (χ3n) is 6.31. The molecule has 2 aliphatic rings. The number of nitrogens with two attached hydrogens (primary N) is 1. The second-order valence-electron chi connectivity index (χ2n) is 8.78. The lowest BCUT2D eigenvalue weighted by atomic mass is 10.0. The number of likely N-dealkylation sites (N-methyl/N-ethyl adjacent to an activating group) is 1. The van der Waals surface area contributed by atoms with Crippen LogP contribution in [0.25, 0.3) is 22.8 Å². The first kappa shape index (κ1) is 22.4. The van der Waals surface area contributed by atoms with E-state index in [0.717, 1.165) is 43.0 Å². The third kappa shape index (κ3) is 4.67. The van der Waals surface area contributed by atoms with E-state index in [0.29, 0.717) is 28.1 Å². The first-order valence-electron chi connectivity index (χ1n) is 11.4. The summed E-state index contributed by atoms with van der Waals surface area (Å²) in [4.78, 5) is 44.1. The summed E-state index contributed by atoms with van der Waals surface area (Å²) in [5.74, 6) is -0.190. The van der Waals surface area contributed by atoms with E-state index in [1.54, 1.807) is 24.3 Å². The zero-order chi connectivity index (χ0) is 24.5. The number of hydrogen-bond acceptors (Lipinski definition) is 4. The summed E-state index contributed by atoms with van der Waals surface area (Å²) in [7, 11) is 2.06. The fourth-order valence-electron chi connectivity index (χ4n) is 4.39. The van der Waals surface area contributed by atoms with Crippen LogP contribution in [0.5, 0.6) is 0 Å². The van der Waals surface area contributed by atoms with Crippen molar-refractivity contribution in [2.75, 3.05) is 43.9 Å². The van der Waals surface area contributed by atoms with Crippen molar-refractivity contribution in [1.82, 2.24) is 14.8 Å². The molecule has 1 aromatic heterocycles. The zero-order valence-corrected chi connectivity index (χ0v) is 19.3. The quantitative estimate of drug-likeness (QED) is 0.438. The molecule has 1 saturated heterocycles.